The molecule has 0 fully saturated rings. The molecule has 0 saturated heterocycles. The fraction of sp³-hybridized carbons (Fsp3) is 0.192. The lowest BCUT2D eigenvalue weighted by atomic mass is 10.1. The van der Waals surface area contributed by atoms with Crippen LogP contribution in [0.4, 0.5) is 5.69 Å². The molecule has 0 amide bonds. The number of hydrogen-bond acceptors (Lipinski definition) is 8. The Bertz CT molecular complexity index is 1680. The standard InChI is InChI=1S/C26H24N8OS/c1-3-4-21(35)30-17-9-15(11-27-13-17)16-10-19-23(33-34-24(19)29-12-16)26-31-22-18(7-8-28-25(22)32-26)20-6-5-14(2)36-20/h5-13,21,30,35H,3-4H2,1-2H3,(H,28,31,32)(H,29,33,34). The van der Waals surface area contributed by atoms with Gasteiger partial charge in [0.25, 0.3) is 0 Å². The van der Waals surface area contributed by atoms with E-state index in [-0.39, 0.29) is 0 Å². The quantitative estimate of drug-likeness (QED) is 0.214. The van der Waals surface area contributed by atoms with Gasteiger partial charge in [0.15, 0.2) is 17.1 Å². The Morgan fingerprint density at radius 2 is 1.94 bits per heavy atom. The predicted molar refractivity (Wildman–Crippen MR) is 143 cm³/mol. The zero-order valence-electron chi connectivity index (χ0n) is 19.8. The van der Waals surface area contributed by atoms with Crippen LogP contribution in [0.2, 0.25) is 0 Å². The highest BCUT2D eigenvalue weighted by atomic mass is 32.1. The van der Waals surface area contributed by atoms with Gasteiger partial charge in [-0.25, -0.2) is 15.0 Å². The lowest BCUT2D eigenvalue weighted by Crippen LogP contribution is -2.18. The zero-order chi connectivity index (χ0) is 24.6. The second-order valence-electron chi connectivity index (χ2n) is 8.66. The first kappa shape index (κ1) is 22.3. The van der Waals surface area contributed by atoms with Gasteiger partial charge >= 0.3 is 0 Å². The molecule has 0 bridgehead atoms. The van der Waals surface area contributed by atoms with Gasteiger partial charge in [0.05, 0.1) is 22.8 Å². The van der Waals surface area contributed by atoms with Crippen molar-refractivity contribution in [1.82, 2.24) is 35.1 Å². The van der Waals surface area contributed by atoms with Crippen LogP contribution in [0.25, 0.3) is 55.3 Å². The second-order valence-corrected chi connectivity index (χ2v) is 9.95. The molecule has 36 heavy (non-hydrogen) atoms. The average molecular weight is 497 g/mol. The van der Waals surface area contributed by atoms with Crippen molar-refractivity contribution in [2.75, 3.05) is 5.32 Å². The van der Waals surface area contributed by atoms with Gasteiger partial charge in [-0.2, -0.15) is 5.10 Å². The molecule has 9 nitrogen and oxygen atoms in total. The number of thiophene rings is 1. The number of hydrogen-bond donors (Lipinski definition) is 4. The third-order valence-electron chi connectivity index (χ3n) is 6.01. The van der Waals surface area contributed by atoms with Crippen LogP contribution in [0.5, 0.6) is 0 Å². The highest BCUT2D eigenvalue weighted by molar-refractivity contribution is 7.15. The topological polar surface area (TPSA) is 128 Å². The zero-order valence-corrected chi connectivity index (χ0v) is 20.6. The van der Waals surface area contributed by atoms with Crippen molar-refractivity contribution in [3.05, 3.63) is 60.0 Å². The molecule has 0 spiro atoms. The summed E-state index contributed by atoms with van der Waals surface area (Å²) in [6.45, 7) is 4.13. The minimum absolute atomic E-state index is 0.594. The molecular formula is C26H24N8OS. The SMILES string of the molecule is CCCC(O)Nc1cncc(-c2cnc3n[nH]c(-c4nc5nccc(-c6ccc(C)s6)c5[nH]4)c3c2)c1. The lowest BCUT2D eigenvalue weighted by Gasteiger charge is -2.13. The first-order chi connectivity index (χ1) is 17.6. The van der Waals surface area contributed by atoms with E-state index in [0.717, 1.165) is 45.4 Å². The van der Waals surface area contributed by atoms with Crippen molar-refractivity contribution in [2.45, 2.75) is 32.9 Å². The molecule has 0 aliphatic carbocycles. The minimum Gasteiger partial charge on any atom is -0.374 e. The Kier molecular flexibility index (Phi) is 5.67. The number of aromatic amines is 2. The van der Waals surface area contributed by atoms with Gasteiger partial charge in [-0.15, -0.1) is 11.3 Å². The summed E-state index contributed by atoms with van der Waals surface area (Å²) < 4.78 is 0. The molecule has 0 aliphatic heterocycles. The van der Waals surface area contributed by atoms with Crippen molar-refractivity contribution in [1.29, 1.82) is 0 Å². The van der Waals surface area contributed by atoms with Crippen molar-refractivity contribution in [2.24, 2.45) is 0 Å². The second kappa shape index (κ2) is 9.14. The third kappa shape index (κ3) is 4.10. The van der Waals surface area contributed by atoms with E-state index < -0.39 is 6.23 Å². The van der Waals surface area contributed by atoms with Crippen LogP contribution >= 0.6 is 11.3 Å². The molecule has 4 N–H and O–H groups in total. The van der Waals surface area contributed by atoms with Crippen molar-refractivity contribution in [3.8, 4) is 33.1 Å². The number of nitrogens with zero attached hydrogens (tertiary/aromatic N) is 5. The summed E-state index contributed by atoms with van der Waals surface area (Å²) in [6, 6.07) is 10.2. The molecule has 6 rings (SSSR count). The maximum Gasteiger partial charge on any atom is 0.181 e. The Morgan fingerprint density at radius 3 is 2.78 bits per heavy atom. The number of pyridine rings is 3. The van der Waals surface area contributed by atoms with Gasteiger partial charge in [0.2, 0.25) is 0 Å². The molecule has 6 aromatic heterocycles. The number of anilines is 1. The third-order valence-corrected chi connectivity index (χ3v) is 7.05. The molecule has 180 valence electrons. The molecule has 1 atom stereocenters. The van der Waals surface area contributed by atoms with E-state index in [0.29, 0.717) is 23.5 Å². The number of aliphatic hydroxyl groups excluding tert-OH is 1. The van der Waals surface area contributed by atoms with Crippen LogP contribution in [-0.4, -0.2) is 46.5 Å². The van der Waals surface area contributed by atoms with Gasteiger partial charge in [-0.05, 0) is 43.7 Å². The van der Waals surface area contributed by atoms with Crippen LogP contribution in [0.3, 0.4) is 0 Å². The van der Waals surface area contributed by atoms with Gasteiger partial charge in [-0.3, -0.25) is 10.1 Å². The van der Waals surface area contributed by atoms with E-state index in [1.165, 1.54) is 9.75 Å². The smallest absolute Gasteiger partial charge is 0.181 e. The van der Waals surface area contributed by atoms with Gasteiger partial charge in [0.1, 0.15) is 11.9 Å². The number of nitrogens with one attached hydrogen (secondary N) is 3. The molecule has 0 radical (unpaired) electrons. The van der Waals surface area contributed by atoms with Gasteiger partial charge < -0.3 is 15.4 Å². The molecule has 10 heteroatoms. The van der Waals surface area contributed by atoms with E-state index >= 15 is 0 Å². The van der Waals surface area contributed by atoms with Crippen molar-refractivity contribution >= 4 is 39.2 Å². The van der Waals surface area contributed by atoms with Gasteiger partial charge in [-0.1, -0.05) is 13.3 Å². The number of aryl methyl sites for hydroxylation is 1. The fourth-order valence-corrected chi connectivity index (χ4v) is 5.17. The molecule has 6 heterocycles. The Labute approximate surface area is 210 Å². The van der Waals surface area contributed by atoms with Crippen LogP contribution in [0.1, 0.15) is 24.6 Å². The number of fused-ring (bicyclic) bond motifs is 2. The molecule has 0 aromatic carbocycles. The number of aromatic nitrogens is 7. The molecule has 6 aromatic rings. The van der Waals surface area contributed by atoms with Crippen LogP contribution in [-0.2, 0) is 0 Å². The highest BCUT2D eigenvalue weighted by Gasteiger charge is 2.17. The van der Waals surface area contributed by atoms with Crippen molar-refractivity contribution < 1.29 is 5.11 Å². The Balaban J connectivity index is 1.40. The lowest BCUT2D eigenvalue weighted by molar-refractivity contribution is 0.192. The molecule has 0 saturated carbocycles. The van der Waals surface area contributed by atoms with Crippen LogP contribution in [0.15, 0.2) is 55.1 Å². The van der Waals surface area contributed by atoms with E-state index in [4.69, 9.17) is 4.98 Å². The summed E-state index contributed by atoms with van der Waals surface area (Å²) in [7, 11) is 0. The highest BCUT2D eigenvalue weighted by Crippen LogP contribution is 2.34. The monoisotopic (exact) mass is 496 g/mol. The normalized spacial score (nSPS) is 12.4. The molecule has 0 aliphatic rings. The summed E-state index contributed by atoms with van der Waals surface area (Å²) in [5.41, 5.74) is 6.45. The van der Waals surface area contributed by atoms with E-state index in [2.05, 4.69) is 54.5 Å². The Morgan fingerprint density at radius 1 is 1.06 bits per heavy atom. The molecule has 1 unspecified atom stereocenters. The van der Waals surface area contributed by atoms with E-state index in [9.17, 15) is 5.11 Å². The first-order valence-corrected chi connectivity index (χ1v) is 12.6. The summed E-state index contributed by atoms with van der Waals surface area (Å²) in [4.78, 5) is 24.0. The number of H-pyrrole nitrogens is 2. The van der Waals surface area contributed by atoms with Crippen LogP contribution < -0.4 is 5.32 Å². The maximum absolute atomic E-state index is 10.1. The summed E-state index contributed by atoms with van der Waals surface area (Å²) in [6.07, 6.45) is 7.97. The predicted octanol–water partition coefficient (Wildman–Crippen LogP) is 5.53. The van der Waals surface area contributed by atoms with Crippen LogP contribution in [0, 0.1) is 6.92 Å². The summed E-state index contributed by atoms with van der Waals surface area (Å²) in [5, 5.41) is 21.5. The number of aliphatic hydroxyl groups is 1. The summed E-state index contributed by atoms with van der Waals surface area (Å²) >= 11 is 1.74. The van der Waals surface area contributed by atoms with Crippen molar-refractivity contribution in [3.63, 3.8) is 0 Å². The minimum atomic E-state index is -0.613. The fourth-order valence-electron chi connectivity index (χ4n) is 4.27. The average Bonchev–Trinajstić information content (AvgIpc) is 3.61. The molecular weight excluding hydrogens is 472 g/mol. The largest absolute Gasteiger partial charge is 0.374 e. The number of imidazole rings is 1. The first-order valence-electron chi connectivity index (χ1n) is 11.7. The Hall–Kier alpha value is -4.15. The van der Waals surface area contributed by atoms with E-state index in [1.54, 1.807) is 36.1 Å². The van der Waals surface area contributed by atoms with E-state index in [1.807, 2.05) is 25.1 Å². The summed E-state index contributed by atoms with van der Waals surface area (Å²) in [5.74, 6) is 0.649. The van der Waals surface area contributed by atoms with Gasteiger partial charge in [0, 0.05) is 45.0 Å². The number of rotatable bonds is 7. The maximum atomic E-state index is 10.1.